The summed E-state index contributed by atoms with van der Waals surface area (Å²) in [5, 5.41) is 2.20. The number of fused-ring (bicyclic) bond motifs is 3. The molecule has 10 aromatic rings. The number of rotatable bonds is 9. The third kappa shape index (κ3) is 9.23. The van der Waals surface area contributed by atoms with Gasteiger partial charge in [0.1, 0.15) is 5.82 Å². The van der Waals surface area contributed by atoms with E-state index < -0.39 is 0 Å². The van der Waals surface area contributed by atoms with Crippen LogP contribution in [0, 0.1) is 45.2 Å². The second-order valence-corrected chi connectivity index (χ2v) is 19.7. The van der Waals surface area contributed by atoms with Gasteiger partial charge in [0, 0.05) is 29.4 Å². The van der Waals surface area contributed by atoms with Gasteiger partial charge in [-0.1, -0.05) is 141 Å². The monoisotopic (exact) mass is 1080 g/mol. The molecule has 0 N–H and O–H groups in total. The number of aromatic nitrogens is 3. The second-order valence-electron chi connectivity index (χ2n) is 19.7. The summed E-state index contributed by atoms with van der Waals surface area (Å²) < 4.78 is 8.82. The summed E-state index contributed by atoms with van der Waals surface area (Å²) in [5.74, 6) is 2.68. The topological polar surface area (TPSA) is 39.9 Å². The minimum Gasteiger partial charge on any atom is -0.503 e. The largest absolute Gasteiger partial charge is 2.00 e. The molecular formula is C64H55N3OPt. The molecule has 0 radical (unpaired) electrons. The maximum atomic E-state index is 6.62. The molecule has 0 bridgehead atoms. The van der Waals surface area contributed by atoms with Crippen LogP contribution >= 0.6 is 0 Å². The molecule has 0 unspecified atom stereocenters. The average Bonchev–Trinajstić information content (AvgIpc) is 3.68. The first-order valence-electron chi connectivity index (χ1n) is 24.0. The third-order valence-electron chi connectivity index (χ3n) is 14.5. The standard InChI is InChI=1S/C64H55N3O.Pt/c1-41-34-63(66-39-43(41)3)67-61-28-24-52(49-21-19-48(20-22-49)47-17-15-46(16-18-47)45-11-8-7-9-12-45)36-59(61)57-27-25-55(37-62(57)67)68-54-14-10-13-53(35-54)60-38-58(44(4)40-65-60)56-26-23-51(33-42(56)2)50-29-31-64(5,6)32-30-50;/h7-28,33-34,36,38-40,50H,29-32H2,1-6H3;/q-2;+2. The Morgan fingerprint density at radius 1 is 0.522 bits per heavy atom. The van der Waals surface area contributed by atoms with Gasteiger partial charge in [-0.3, -0.25) is 0 Å². The number of aryl methyl sites for hydroxylation is 4. The molecule has 5 heteroatoms. The molecule has 4 nitrogen and oxygen atoms in total. The Morgan fingerprint density at radius 3 is 1.84 bits per heavy atom. The maximum Gasteiger partial charge on any atom is 2.00 e. The summed E-state index contributed by atoms with van der Waals surface area (Å²) in [6, 6.07) is 63.7. The predicted octanol–water partition coefficient (Wildman–Crippen LogP) is 17.2. The van der Waals surface area contributed by atoms with Gasteiger partial charge in [0.05, 0.1) is 0 Å². The van der Waals surface area contributed by atoms with Gasteiger partial charge in [0.2, 0.25) is 0 Å². The SMILES string of the molecule is Cc1cnc(-n2c3[c-]c(Oc4[c-]c(-c5cc(-c6ccc(C7CCC(C)(C)CC7)cc6C)c(C)cn5)ccc4)ccc3c3cc(-c4ccc(-c5ccc(-c6ccccc6)cc5)cc4)ccc32)cc1C.[Pt+2]. The number of nitrogens with zero attached hydrogens (tertiary/aromatic N) is 3. The van der Waals surface area contributed by atoms with Gasteiger partial charge < -0.3 is 14.3 Å². The number of hydrogen-bond acceptors (Lipinski definition) is 3. The van der Waals surface area contributed by atoms with E-state index in [4.69, 9.17) is 14.7 Å². The molecule has 3 heterocycles. The van der Waals surface area contributed by atoms with Crippen LogP contribution in [0.1, 0.15) is 73.3 Å². The molecule has 1 aliphatic carbocycles. The van der Waals surface area contributed by atoms with Gasteiger partial charge in [-0.15, -0.1) is 41.3 Å². The van der Waals surface area contributed by atoms with E-state index in [2.05, 4.69) is 198 Å². The zero-order valence-corrected chi connectivity index (χ0v) is 42.4. The zero-order chi connectivity index (χ0) is 46.5. The molecule has 11 rings (SSSR count). The third-order valence-corrected chi connectivity index (χ3v) is 14.5. The molecule has 342 valence electrons. The first-order valence-corrected chi connectivity index (χ1v) is 24.0. The minimum absolute atomic E-state index is 0. The van der Waals surface area contributed by atoms with Gasteiger partial charge in [-0.2, -0.15) is 6.07 Å². The molecule has 1 aliphatic rings. The van der Waals surface area contributed by atoms with Gasteiger partial charge in [0.15, 0.2) is 0 Å². The molecule has 1 saturated carbocycles. The number of benzene rings is 7. The number of pyridine rings is 2. The van der Waals surface area contributed by atoms with Crippen molar-refractivity contribution in [2.24, 2.45) is 5.41 Å². The van der Waals surface area contributed by atoms with Crippen molar-refractivity contribution in [1.82, 2.24) is 14.5 Å². The summed E-state index contributed by atoms with van der Waals surface area (Å²) in [6.07, 6.45) is 9.04. The Balaban J connectivity index is 0.00000553. The minimum atomic E-state index is 0. The predicted molar refractivity (Wildman–Crippen MR) is 282 cm³/mol. The number of ether oxygens (including phenoxy) is 1. The Hall–Kier alpha value is -6.87. The Bertz CT molecular complexity index is 3490. The summed E-state index contributed by atoms with van der Waals surface area (Å²) in [5.41, 5.74) is 20.0. The van der Waals surface area contributed by atoms with Crippen LogP contribution in [0.3, 0.4) is 0 Å². The van der Waals surface area contributed by atoms with Crippen molar-refractivity contribution in [3.05, 3.63) is 210 Å². The van der Waals surface area contributed by atoms with E-state index in [1.807, 2.05) is 30.6 Å². The van der Waals surface area contributed by atoms with Crippen molar-refractivity contribution < 1.29 is 25.8 Å². The maximum absolute atomic E-state index is 6.62. The van der Waals surface area contributed by atoms with Crippen molar-refractivity contribution in [1.29, 1.82) is 0 Å². The van der Waals surface area contributed by atoms with E-state index in [0.29, 0.717) is 22.8 Å². The normalized spacial score (nSPS) is 13.7. The Kier molecular flexibility index (Phi) is 12.6. The molecule has 0 atom stereocenters. The smallest absolute Gasteiger partial charge is 0.503 e. The van der Waals surface area contributed by atoms with E-state index in [9.17, 15) is 0 Å². The van der Waals surface area contributed by atoms with Crippen molar-refractivity contribution in [2.45, 2.75) is 73.1 Å². The molecule has 0 amide bonds. The molecule has 7 aromatic carbocycles. The Labute approximate surface area is 421 Å². The van der Waals surface area contributed by atoms with Crippen LogP contribution in [0.15, 0.2) is 170 Å². The molecular weight excluding hydrogens is 1020 g/mol. The Morgan fingerprint density at radius 2 is 1.16 bits per heavy atom. The number of hydrogen-bond donors (Lipinski definition) is 0. The van der Waals surface area contributed by atoms with Gasteiger partial charge in [-0.05, 0) is 160 Å². The van der Waals surface area contributed by atoms with Gasteiger partial charge in [-0.25, -0.2) is 4.98 Å². The summed E-state index contributed by atoms with van der Waals surface area (Å²) in [7, 11) is 0. The van der Waals surface area contributed by atoms with Crippen LogP contribution in [-0.2, 0) is 21.1 Å². The quantitative estimate of drug-likeness (QED) is 0.135. The van der Waals surface area contributed by atoms with E-state index in [1.165, 1.54) is 75.8 Å². The summed E-state index contributed by atoms with van der Waals surface area (Å²) in [4.78, 5) is 9.84. The molecule has 0 spiro atoms. The van der Waals surface area contributed by atoms with Crippen molar-refractivity contribution in [3.8, 4) is 73.1 Å². The fourth-order valence-corrected chi connectivity index (χ4v) is 10.2. The van der Waals surface area contributed by atoms with Gasteiger partial charge >= 0.3 is 21.1 Å². The molecule has 0 aliphatic heterocycles. The fraction of sp³-hybridized carbons (Fsp3) is 0.188. The van der Waals surface area contributed by atoms with E-state index in [0.717, 1.165) is 61.1 Å². The van der Waals surface area contributed by atoms with Crippen LogP contribution in [0.5, 0.6) is 11.5 Å². The first kappa shape index (κ1) is 45.9. The van der Waals surface area contributed by atoms with Crippen molar-refractivity contribution in [3.63, 3.8) is 0 Å². The summed E-state index contributed by atoms with van der Waals surface area (Å²) >= 11 is 0. The van der Waals surface area contributed by atoms with Crippen molar-refractivity contribution in [2.75, 3.05) is 0 Å². The van der Waals surface area contributed by atoms with Crippen LogP contribution in [-0.4, -0.2) is 14.5 Å². The average molecular weight is 1080 g/mol. The fourth-order valence-electron chi connectivity index (χ4n) is 10.2. The molecule has 69 heavy (non-hydrogen) atoms. The molecule has 0 saturated heterocycles. The molecule has 3 aromatic heterocycles. The van der Waals surface area contributed by atoms with Crippen molar-refractivity contribution >= 4 is 21.8 Å². The van der Waals surface area contributed by atoms with Crippen LogP contribution in [0.4, 0.5) is 0 Å². The van der Waals surface area contributed by atoms with E-state index in [-0.39, 0.29) is 21.1 Å². The van der Waals surface area contributed by atoms with E-state index >= 15 is 0 Å². The van der Waals surface area contributed by atoms with Crippen LogP contribution in [0.2, 0.25) is 0 Å². The van der Waals surface area contributed by atoms with Crippen LogP contribution in [0.25, 0.3) is 83.4 Å². The summed E-state index contributed by atoms with van der Waals surface area (Å²) in [6.45, 7) is 13.5. The van der Waals surface area contributed by atoms with Gasteiger partial charge in [0.25, 0.3) is 0 Å². The first-order chi connectivity index (χ1) is 33.0. The van der Waals surface area contributed by atoms with Crippen LogP contribution < -0.4 is 4.74 Å². The van der Waals surface area contributed by atoms with E-state index in [1.54, 1.807) is 0 Å². The molecule has 1 fully saturated rings. The zero-order valence-electron chi connectivity index (χ0n) is 40.1. The second kappa shape index (κ2) is 18.9.